The summed E-state index contributed by atoms with van der Waals surface area (Å²) in [4.78, 5) is 13.1. The van der Waals surface area contributed by atoms with E-state index in [1.54, 1.807) is 18.0 Å². The van der Waals surface area contributed by atoms with Gasteiger partial charge in [-0.05, 0) is 12.1 Å². The third kappa shape index (κ3) is 1.93. The van der Waals surface area contributed by atoms with Crippen molar-refractivity contribution in [2.24, 2.45) is 0 Å². The van der Waals surface area contributed by atoms with Crippen LogP contribution in [0.2, 0.25) is 0 Å². The van der Waals surface area contributed by atoms with Crippen molar-refractivity contribution in [3.63, 3.8) is 0 Å². The van der Waals surface area contributed by atoms with Crippen LogP contribution in [0.5, 0.6) is 5.75 Å². The van der Waals surface area contributed by atoms with Crippen molar-refractivity contribution in [2.75, 3.05) is 19.3 Å². The molecule has 0 saturated carbocycles. The molecule has 0 aromatic heterocycles. The average molecular weight is 224 g/mol. The summed E-state index contributed by atoms with van der Waals surface area (Å²) in [5.41, 5.74) is 5.75. The average Bonchev–Trinajstić information content (AvgIpc) is 2.54. The Morgan fingerprint density at radius 2 is 2.31 bits per heavy atom. The molecule has 16 heavy (non-hydrogen) atoms. The number of carbonyl (C=O) groups excluding carboxylic acids is 1. The molecule has 1 aromatic rings. The quantitative estimate of drug-likeness (QED) is 0.763. The number of hydrogen-bond acceptors (Lipinski definition) is 3. The molecule has 0 spiro atoms. The van der Waals surface area contributed by atoms with Gasteiger partial charge in [0.25, 0.3) is 5.91 Å². The number of ether oxygens (including phenoxy) is 1. The van der Waals surface area contributed by atoms with Gasteiger partial charge in [0.05, 0.1) is 0 Å². The fourth-order valence-corrected chi connectivity index (χ4v) is 1.67. The molecule has 0 aliphatic carbocycles. The number of hydrogen-bond donors (Lipinski definition) is 1. The Hall–Kier alpha value is -1.78. The van der Waals surface area contributed by atoms with Crippen LogP contribution in [0.1, 0.15) is 6.42 Å². The van der Waals surface area contributed by atoms with Gasteiger partial charge in [-0.2, -0.15) is 0 Å². The van der Waals surface area contributed by atoms with E-state index in [1.165, 1.54) is 12.1 Å². The fourth-order valence-electron chi connectivity index (χ4n) is 1.67. The lowest BCUT2D eigenvalue weighted by atomic mass is 10.2. The topological polar surface area (TPSA) is 55.6 Å². The molecule has 1 aliphatic rings. The number of benzene rings is 1. The van der Waals surface area contributed by atoms with Crippen molar-refractivity contribution in [3.05, 3.63) is 24.0 Å². The Balaban J connectivity index is 2.12. The Bertz CT molecular complexity index is 422. The summed E-state index contributed by atoms with van der Waals surface area (Å²) in [6.07, 6.45) is 0.00205. The van der Waals surface area contributed by atoms with Gasteiger partial charge in [-0.3, -0.25) is 4.79 Å². The molecule has 1 heterocycles. The van der Waals surface area contributed by atoms with Crippen LogP contribution in [0, 0.1) is 5.82 Å². The molecular formula is C11H13FN2O2. The molecule has 0 radical (unpaired) electrons. The van der Waals surface area contributed by atoms with Crippen LogP contribution in [0.4, 0.5) is 10.1 Å². The molecule has 1 atom stereocenters. The second kappa shape index (κ2) is 4.00. The lowest BCUT2D eigenvalue weighted by Gasteiger charge is -2.13. The molecular weight excluding hydrogens is 211 g/mol. The highest BCUT2D eigenvalue weighted by Crippen LogP contribution is 2.23. The first-order valence-electron chi connectivity index (χ1n) is 5.04. The second-order valence-electron chi connectivity index (χ2n) is 3.84. The van der Waals surface area contributed by atoms with E-state index in [-0.39, 0.29) is 11.7 Å². The van der Waals surface area contributed by atoms with Gasteiger partial charge in [0.2, 0.25) is 0 Å². The number of carbonyl (C=O) groups is 1. The van der Waals surface area contributed by atoms with Crippen LogP contribution >= 0.6 is 0 Å². The van der Waals surface area contributed by atoms with Gasteiger partial charge in [0.1, 0.15) is 0 Å². The minimum atomic E-state index is -0.580. The summed E-state index contributed by atoms with van der Waals surface area (Å²) in [7, 11) is 1.70. The number of rotatable bonds is 2. The third-order valence-electron chi connectivity index (χ3n) is 2.60. The van der Waals surface area contributed by atoms with Crippen LogP contribution in [-0.2, 0) is 4.79 Å². The molecule has 1 amide bonds. The van der Waals surface area contributed by atoms with Gasteiger partial charge >= 0.3 is 0 Å². The Labute approximate surface area is 92.8 Å². The lowest BCUT2D eigenvalue weighted by molar-refractivity contribution is -0.132. The van der Waals surface area contributed by atoms with Gasteiger partial charge in [-0.25, -0.2) is 4.39 Å². The van der Waals surface area contributed by atoms with Crippen LogP contribution in [0.25, 0.3) is 0 Å². The maximum Gasteiger partial charge on any atom is 0.263 e. The van der Waals surface area contributed by atoms with Crippen LogP contribution < -0.4 is 10.5 Å². The normalized spacial score (nSPS) is 20.2. The summed E-state index contributed by atoms with van der Waals surface area (Å²) in [5.74, 6) is -0.582. The number of nitrogen functional groups attached to an aromatic ring is 1. The number of nitrogens with two attached hydrogens (primary N) is 1. The van der Waals surface area contributed by atoms with Crippen molar-refractivity contribution in [1.29, 1.82) is 0 Å². The molecule has 4 nitrogen and oxygen atoms in total. The third-order valence-corrected chi connectivity index (χ3v) is 2.60. The van der Waals surface area contributed by atoms with E-state index in [2.05, 4.69) is 0 Å². The number of likely N-dealkylation sites (N-methyl/N-ethyl adjacent to an activating group) is 1. The van der Waals surface area contributed by atoms with E-state index in [4.69, 9.17) is 10.5 Å². The molecule has 5 heteroatoms. The highest BCUT2D eigenvalue weighted by atomic mass is 19.1. The number of likely N-dealkylation sites (tertiary alicyclic amines) is 1. The molecule has 2 rings (SSSR count). The predicted molar refractivity (Wildman–Crippen MR) is 57.5 cm³/mol. The van der Waals surface area contributed by atoms with Crippen molar-refractivity contribution >= 4 is 11.6 Å². The molecule has 1 fully saturated rings. The molecule has 1 aliphatic heterocycles. The molecule has 2 N–H and O–H groups in total. The largest absolute Gasteiger partial charge is 0.477 e. The van der Waals surface area contributed by atoms with Crippen LogP contribution in [-0.4, -0.2) is 30.5 Å². The Kier molecular flexibility index (Phi) is 2.68. The van der Waals surface area contributed by atoms with Crippen molar-refractivity contribution in [3.8, 4) is 5.75 Å². The fraction of sp³-hybridized carbons (Fsp3) is 0.364. The maximum atomic E-state index is 13.4. The highest BCUT2D eigenvalue weighted by molar-refractivity contribution is 5.83. The van der Waals surface area contributed by atoms with E-state index < -0.39 is 11.9 Å². The zero-order chi connectivity index (χ0) is 11.7. The summed E-state index contributed by atoms with van der Waals surface area (Å²) < 4.78 is 18.7. The zero-order valence-electron chi connectivity index (χ0n) is 8.94. The first-order chi connectivity index (χ1) is 7.58. The molecule has 1 saturated heterocycles. The Morgan fingerprint density at radius 3 is 2.88 bits per heavy atom. The van der Waals surface area contributed by atoms with Gasteiger partial charge < -0.3 is 15.4 Å². The molecule has 1 unspecified atom stereocenters. The van der Waals surface area contributed by atoms with Gasteiger partial charge in [-0.15, -0.1) is 0 Å². The molecule has 86 valence electrons. The van der Waals surface area contributed by atoms with Gasteiger partial charge in [0, 0.05) is 31.8 Å². The predicted octanol–water partition coefficient (Wildman–Crippen LogP) is 1.02. The standard InChI is InChI=1S/C11H13FN2O2/c1-14-5-4-10(11(14)15)16-9-3-2-7(13)6-8(9)12/h2-3,6,10H,4-5,13H2,1H3. The number of halogens is 1. The van der Waals surface area contributed by atoms with Gasteiger partial charge in [-0.1, -0.05) is 0 Å². The monoisotopic (exact) mass is 224 g/mol. The highest BCUT2D eigenvalue weighted by Gasteiger charge is 2.31. The summed E-state index contributed by atoms with van der Waals surface area (Å²) in [6, 6.07) is 4.16. The second-order valence-corrected chi connectivity index (χ2v) is 3.84. The van der Waals surface area contributed by atoms with E-state index in [0.717, 1.165) is 0 Å². The molecule has 0 bridgehead atoms. The summed E-state index contributed by atoms with van der Waals surface area (Å²) in [5, 5.41) is 0. The van der Waals surface area contributed by atoms with Crippen molar-refractivity contribution in [2.45, 2.75) is 12.5 Å². The maximum absolute atomic E-state index is 13.4. The Morgan fingerprint density at radius 1 is 1.56 bits per heavy atom. The van der Waals surface area contributed by atoms with E-state index >= 15 is 0 Å². The minimum Gasteiger partial charge on any atom is -0.477 e. The van der Waals surface area contributed by atoms with Crippen molar-refractivity contribution < 1.29 is 13.9 Å². The first-order valence-corrected chi connectivity index (χ1v) is 5.04. The smallest absolute Gasteiger partial charge is 0.263 e. The number of nitrogens with zero attached hydrogens (tertiary/aromatic N) is 1. The van der Waals surface area contributed by atoms with Crippen LogP contribution in [0.15, 0.2) is 18.2 Å². The zero-order valence-corrected chi connectivity index (χ0v) is 8.94. The number of amides is 1. The van der Waals surface area contributed by atoms with Crippen LogP contribution in [0.3, 0.4) is 0 Å². The minimum absolute atomic E-state index is 0.0721. The lowest BCUT2D eigenvalue weighted by Crippen LogP contribution is -2.29. The summed E-state index contributed by atoms with van der Waals surface area (Å²) >= 11 is 0. The van der Waals surface area contributed by atoms with Gasteiger partial charge in [0.15, 0.2) is 17.7 Å². The summed E-state index contributed by atoms with van der Waals surface area (Å²) in [6.45, 7) is 0.639. The SMILES string of the molecule is CN1CCC(Oc2ccc(N)cc2F)C1=O. The van der Waals surface area contributed by atoms with E-state index in [1.807, 2.05) is 0 Å². The van der Waals surface area contributed by atoms with Crippen molar-refractivity contribution in [1.82, 2.24) is 4.90 Å². The first kappa shape index (κ1) is 10.7. The van der Waals surface area contributed by atoms with E-state index in [0.29, 0.717) is 18.7 Å². The van der Waals surface area contributed by atoms with E-state index in [9.17, 15) is 9.18 Å². The number of anilines is 1. The molecule has 1 aromatic carbocycles.